The fourth-order valence-corrected chi connectivity index (χ4v) is 2.33. The van der Waals surface area contributed by atoms with Crippen LogP contribution >= 0.6 is 0 Å². The molecule has 0 aliphatic carbocycles. The Balaban J connectivity index is 1.60. The molecule has 4 nitrogen and oxygen atoms in total. The van der Waals surface area contributed by atoms with Crippen LogP contribution in [0.25, 0.3) is 11.1 Å². The van der Waals surface area contributed by atoms with Gasteiger partial charge in [-0.2, -0.15) is 0 Å². The van der Waals surface area contributed by atoms with E-state index in [0.717, 1.165) is 21.8 Å². The summed E-state index contributed by atoms with van der Waals surface area (Å²) in [6.45, 7) is 0.289. The van der Waals surface area contributed by atoms with Gasteiger partial charge in [0.2, 0.25) is 5.78 Å². The first-order valence-electron chi connectivity index (χ1n) is 7.58. The zero-order valence-electron chi connectivity index (χ0n) is 13.0. The summed E-state index contributed by atoms with van der Waals surface area (Å²) in [6, 6.07) is 21.2. The first-order valence-corrected chi connectivity index (χ1v) is 7.58. The number of carbonyl (C=O) groups excluding carboxylic acids is 1. The second-order valence-electron chi connectivity index (χ2n) is 5.32. The van der Waals surface area contributed by atoms with E-state index in [2.05, 4.69) is 12.1 Å². The van der Waals surface area contributed by atoms with Crippen LogP contribution in [0.4, 0.5) is 0 Å². The third-order valence-corrected chi connectivity index (χ3v) is 3.57. The molecule has 0 saturated carbocycles. The molecule has 0 saturated heterocycles. The highest BCUT2D eigenvalue weighted by molar-refractivity contribution is 6.02. The molecule has 2 aromatic carbocycles. The molecule has 0 aliphatic rings. The van der Waals surface area contributed by atoms with Crippen molar-refractivity contribution in [3.05, 3.63) is 96.6 Å². The number of nitrogens with zero attached hydrogens (tertiary/aromatic N) is 1. The molecule has 3 aromatic rings. The molecule has 1 N–H and O–H groups in total. The standard InChI is InChI=1S/C20H17NO3/c22-19(20-7-4-14-24-20)12-13-21(23)15-16-8-10-18(11-9-16)17-5-2-1-3-6-17/h1-14,23H,15H2/b13-12+. The molecule has 0 unspecified atom stereocenters. The van der Waals surface area contributed by atoms with Gasteiger partial charge in [-0.05, 0) is 28.8 Å². The van der Waals surface area contributed by atoms with Crippen molar-refractivity contribution in [3.63, 3.8) is 0 Å². The Kier molecular flexibility index (Phi) is 4.89. The van der Waals surface area contributed by atoms with Crippen LogP contribution in [0.15, 0.2) is 89.7 Å². The SMILES string of the molecule is O=C(/C=C/N(O)Cc1ccc(-c2ccccc2)cc1)c1ccco1. The van der Waals surface area contributed by atoms with Crippen molar-refractivity contribution >= 4 is 5.78 Å². The Morgan fingerprint density at radius 1 is 0.958 bits per heavy atom. The second kappa shape index (κ2) is 7.44. The Bertz CT molecular complexity index is 806. The minimum absolute atomic E-state index is 0.242. The largest absolute Gasteiger partial charge is 0.461 e. The Labute approximate surface area is 140 Å². The lowest BCUT2D eigenvalue weighted by molar-refractivity contribution is -0.0491. The van der Waals surface area contributed by atoms with Crippen molar-refractivity contribution in [3.8, 4) is 11.1 Å². The molecule has 0 spiro atoms. The molecule has 1 aromatic heterocycles. The molecule has 0 amide bonds. The average Bonchev–Trinajstić information content (AvgIpc) is 3.16. The molecular formula is C20H17NO3. The number of ketones is 1. The highest BCUT2D eigenvalue weighted by Crippen LogP contribution is 2.19. The summed E-state index contributed by atoms with van der Waals surface area (Å²) in [5, 5.41) is 10.9. The van der Waals surface area contributed by atoms with Crippen molar-refractivity contribution in [1.82, 2.24) is 5.06 Å². The molecular weight excluding hydrogens is 302 g/mol. The van der Waals surface area contributed by atoms with E-state index in [0.29, 0.717) is 0 Å². The molecule has 120 valence electrons. The van der Waals surface area contributed by atoms with E-state index < -0.39 is 0 Å². The van der Waals surface area contributed by atoms with Crippen LogP contribution < -0.4 is 0 Å². The summed E-state index contributed by atoms with van der Waals surface area (Å²) in [7, 11) is 0. The summed E-state index contributed by atoms with van der Waals surface area (Å²) in [5.41, 5.74) is 3.20. The van der Waals surface area contributed by atoms with E-state index in [1.54, 1.807) is 12.1 Å². The number of hydrogen-bond donors (Lipinski definition) is 1. The van der Waals surface area contributed by atoms with Crippen molar-refractivity contribution < 1.29 is 14.4 Å². The van der Waals surface area contributed by atoms with Gasteiger partial charge in [0.15, 0.2) is 5.76 Å². The van der Waals surface area contributed by atoms with E-state index in [1.807, 2.05) is 42.5 Å². The maximum atomic E-state index is 11.7. The van der Waals surface area contributed by atoms with Gasteiger partial charge in [-0.25, -0.2) is 0 Å². The van der Waals surface area contributed by atoms with E-state index in [-0.39, 0.29) is 18.1 Å². The van der Waals surface area contributed by atoms with Gasteiger partial charge in [-0.15, -0.1) is 0 Å². The van der Waals surface area contributed by atoms with Crippen LogP contribution in [0.5, 0.6) is 0 Å². The lowest BCUT2D eigenvalue weighted by Gasteiger charge is -2.12. The quantitative estimate of drug-likeness (QED) is 0.412. The monoisotopic (exact) mass is 319 g/mol. The topological polar surface area (TPSA) is 53.7 Å². The average molecular weight is 319 g/mol. The molecule has 4 heteroatoms. The van der Waals surface area contributed by atoms with Gasteiger partial charge in [0, 0.05) is 12.3 Å². The van der Waals surface area contributed by atoms with Crippen molar-refractivity contribution in [2.75, 3.05) is 0 Å². The number of carbonyl (C=O) groups is 1. The smallest absolute Gasteiger partial charge is 0.222 e. The van der Waals surface area contributed by atoms with E-state index >= 15 is 0 Å². The maximum Gasteiger partial charge on any atom is 0.222 e. The predicted molar refractivity (Wildman–Crippen MR) is 91.4 cm³/mol. The number of allylic oxidation sites excluding steroid dienone is 1. The Morgan fingerprint density at radius 3 is 2.33 bits per heavy atom. The number of rotatable bonds is 6. The van der Waals surface area contributed by atoms with Crippen LogP contribution in [0.3, 0.4) is 0 Å². The third-order valence-electron chi connectivity index (χ3n) is 3.57. The minimum Gasteiger partial charge on any atom is -0.461 e. The van der Waals surface area contributed by atoms with Crippen LogP contribution in [0.1, 0.15) is 16.1 Å². The second-order valence-corrected chi connectivity index (χ2v) is 5.32. The number of benzene rings is 2. The van der Waals surface area contributed by atoms with Crippen LogP contribution in [-0.4, -0.2) is 16.1 Å². The minimum atomic E-state index is -0.293. The Morgan fingerprint density at radius 2 is 1.67 bits per heavy atom. The first kappa shape index (κ1) is 15.8. The summed E-state index contributed by atoms with van der Waals surface area (Å²) in [4.78, 5) is 11.7. The van der Waals surface area contributed by atoms with E-state index in [9.17, 15) is 10.0 Å². The van der Waals surface area contributed by atoms with Gasteiger partial charge in [0.1, 0.15) is 0 Å². The lowest BCUT2D eigenvalue weighted by Crippen LogP contribution is -2.11. The van der Waals surface area contributed by atoms with Gasteiger partial charge in [-0.1, -0.05) is 54.6 Å². The summed E-state index contributed by atoms with van der Waals surface area (Å²) >= 11 is 0. The summed E-state index contributed by atoms with van der Waals surface area (Å²) < 4.78 is 5.00. The Hall–Kier alpha value is -3.11. The fourth-order valence-electron chi connectivity index (χ4n) is 2.33. The fraction of sp³-hybridized carbons (Fsp3) is 0.0500. The molecule has 0 aliphatic heterocycles. The van der Waals surface area contributed by atoms with Crippen molar-refractivity contribution in [2.45, 2.75) is 6.54 Å². The van der Waals surface area contributed by atoms with Crippen LogP contribution in [0.2, 0.25) is 0 Å². The molecule has 0 radical (unpaired) electrons. The molecule has 0 bridgehead atoms. The van der Waals surface area contributed by atoms with Crippen LogP contribution in [0, 0.1) is 0 Å². The molecule has 0 atom stereocenters. The van der Waals surface area contributed by atoms with Crippen molar-refractivity contribution in [1.29, 1.82) is 0 Å². The van der Waals surface area contributed by atoms with Gasteiger partial charge in [0.25, 0.3) is 0 Å². The highest BCUT2D eigenvalue weighted by atomic mass is 16.5. The zero-order valence-corrected chi connectivity index (χ0v) is 13.0. The van der Waals surface area contributed by atoms with Gasteiger partial charge in [0.05, 0.1) is 12.8 Å². The molecule has 24 heavy (non-hydrogen) atoms. The predicted octanol–water partition coefficient (Wildman–Crippen LogP) is 4.53. The third kappa shape index (κ3) is 4.00. The van der Waals surface area contributed by atoms with Gasteiger partial charge in [-0.3, -0.25) is 15.1 Å². The van der Waals surface area contributed by atoms with E-state index in [4.69, 9.17) is 4.42 Å². The first-order chi connectivity index (χ1) is 11.7. The molecule has 0 fully saturated rings. The maximum absolute atomic E-state index is 11.7. The summed E-state index contributed by atoms with van der Waals surface area (Å²) in [5.74, 6) is -0.0506. The number of furan rings is 1. The summed E-state index contributed by atoms with van der Waals surface area (Å²) in [6.07, 6.45) is 4.04. The zero-order chi connectivity index (χ0) is 16.8. The van der Waals surface area contributed by atoms with Gasteiger partial charge >= 0.3 is 0 Å². The normalized spacial score (nSPS) is 10.9. The molecule has 3 rings (SSSR count). The van der Waals surface area contributed by atoms with Crippen molar-refractivity contribution in [2.24, 2.45) is 0 Å². The van der Waals surface area contributed by atoms with Crippen LogP contribution in [-0.2, 0) is 6.54 Å². The number of hydrogen-bond acceptors (Lipinski definition) is 4. The highest BCUT2D eigenvalue weighted by Gasteiger charge is 2.05. The van der Waals surface area contributed by atoms with E-state index in [1.165, 1.54) is 18.5 Å². The lowest BCUT2D eigenvalue weighted by atomic mass is 10.0. The number of hydroxylamine groups is 2. The van der Waals surface area contributed by atoms with Gasteiger partial charge < -0.3 is 4.42 Å². The molecule has 1 heterocycles.